The van der Waals surface area contributed by atoms with Crippen molar-refractivity contribution in [2.45, 2.75) is 25.3 Å². The first-order valence-corrected chi connectivity index (χ1v) is 9.77. The molecule has 1 saturated carbocycles. The zero-order chi connectivity index (χ0) is 19.3. The zero-order valence-corrected chi connectivity index (χ0v) is 16.1. The topological polar surface area (TPSA) is 56.1 Å². The van der Waals surface area contributed by atoms with Crippen LogP contribution in [0, 0.1) is 29.0 Å². The molecule has 4 nitrogen and oxygen atoms in total. The van der Waals surface area contributed by atoms with E-state index in [4.69, 9.17) is 5.26 Å². The van der Waals surface area contributed by atoms with Gasteiger partial charge in [0, 0.05) is 11.9 Å². The van der Waals surface area contributed by atoms with Crippen LogP contribution < -0.4 is 5.32 Å². The van der Waals surface area contributed by atoms with Crippen LogP contribution in [0.2, 0.25) is 0 Å². The maximum Gasteiger partial charge on any atom is 0.233 e. The maximum absolute atomic E-state index is 13.6. The fourth-order valence-electron chi connectivity index (χ4n) is 3.92. The van der Waals surface area contributed by atoms with Crippen LogP contribution in [0.5, 0.6) is 0 Å². The van der Waals surface area contributed by atoms with Crippen molar-refractivity contribution in [3.05, 3.63) is 58.3 Å². The fraction of sp³-hybridized carbons (Fsp3) is 0.333. The molecule has 2 heterocycles. The molecule has 0 unspecified atom stereocenters. The molecule has 2 fully saturated rings. The second kappa shape index (κ2) is 6.21. The third-order valence-electron chi connectivity index (χ3n) is 5.65. The van der Waals surface area contributed by atoms with Gasteiger partial charge in [0.2, 0.25) is 5.91 Å². The predicted octanol–water partition coefficient (Wildman–Crippen LogP) is 4.20. The highest BCUT2D eigenvalue weighted by molar-refractivity contribution is 7.10. The average Bonchev–Trinajstić information content (AvgIpc) is 3.33. The Morgan fingerprint density at radius 1 is 1.37 bits per heavy atom. The lowest BCUT2D eigenvalue weighted by Gasteiger charge is -2.46. The van der Waals surface area contributed by atoms with Gasteiger partial charge < -0.3 is 10.2 Å². The molecule has 1 aromatic carbocycles. The monoisotopic (exact) mass is 381 g/mol. The van der Waals surface area contributed by atoms with Crippen molar-refractivity contribution >= 4 is 17.2 Å². The Labute approximate surface area is 161 Å². The SMILES string of the molecule is C=C1N[C@](C)(c2cc(-c3ccc(F)c(C#N)c3)cs2)[C@@H](C2CC2)C(=O)N1C. The highest BCUT2D eigenvalue weighted by Crippen LogP contribution is 2.50. The van der Waals surface area contributed by atoms with Crippen LogP contribution in [0.15, 0.2) is 42.0 Å². The van der Waals surface area contributed by atoms with Crippen LogP contribution in [-0.4, -0.2) is 17.9 Å². The van der Waals surface area contributed by atoms with E-state index in [-0.39, 0.29) is 17.4 Å². The first kappa shape index (κ1) is 17.7. The molecule has 1 aliphatic carbocycles. The molecule has 6 heteroatoms. The number of benzene rings is 1. The number of rotatable bonds is 3. The normalized spacial score (nSPS) is 25.3. The van der Waals surface area contributed by atoms with Crippen LogP contribution in [0.1, 0.15) is 30.2 Å². The molecule has 1 aromatic heterocycles. The van der Waals surface area contributed by atoms with Crippen LogP contribution in [0.3, 0.4) is 0 Å². The van der Waals surface area contributed by atoms with E-state index in [9.17, 15) is 9.18 Å². The average molecular weight is 381 g/mol. The molecule has 1 saturated heterocycles. The summed E-state index contributed by atoms with van der Waals surface area (Å²) in [4.78, 5) is 15.6. The quantitative estimate of drug-likeness (QED) is 0.867. The molecule has 1 aliphatic heterocycles. The van der Waals surface area contributed by atoms with Gasteiger partial charge in [0.05, 0.1) is 17.0 Å². The van der Waals surface area contributed by atoms with Crippen LogP contribution in [0.25, 0.3) is 11.1 Å². The molecular weight excluding hydrogens is 361 g/mol. The van der Waals surface area contributed by atoms with Crippen molar-refractivity contribution in [1.29, 1.82) is 5.26 Å². The van der Waals surface area contributed by atoms with E-state index in [0.29, 0.717) is 11.7 Å². The minimum atomic E-state index is -0.525. The van der Waals surface area contributed by atoms with E-state index in [1.165, 1.54) is 6.07 Å². The third-order valence-corrected chi connectivity index (χ3v) is 6.82. The summed E-state index contributed by atoms with van der Waals surface area (Å²) >= 11 is 1.57. The maximum atomic E-state index is 13.6. The van der Waals surface area contributed by atoms with Gasteiger partial charge in [0.15, 0.2) is 0 Å². The molecule has 138 valence electrons. The summed E-state index contributed by atoms with van der Waals surface area (Å²) in [6, 6.07) is 8.48. The summed E-state index contributed by atoms with van der Waals surface area (Å²) in [5, 5.41) is 14.5. The van der Waals surface area contributed by atoms with Crippen molar-refractivity contribution in [2.75, 3.05) is 7.05 Å². The second-order valence-corrected chi connectivity index (χ2v) is 8.40. The number of amides is 1. The summed E-state index contributed by atoms with van der Waals surface area (Å²) in [7, 11) is 1.76. The summed E-state index contributed by atoms with van der Waals surface area (Å²) in [5.74, 6) is 0.431. The Hall–Kier alpha value is -2.65. The number of hydrogen-bond acceptors (Lipinski definition) is 4. The number of nitriles is 1. The van der Waals surface area contributed by atoms with E-state index < -0.39 is 11.4 Å². The van der Waals surface area contributed by atoms with Gasteiger partial charge in [-0.3, -0.25) is 4.79 Å². The molecule has 4 rings (SSSR count). The number of halogens is 1. The Morgan fingerprint density at radius 2 is 2.11 bits per heavy atom. The summed E-state index contributed by atoms with van der Waals surface area (Å²) < 4.78 is 13.6. The zero-order valence-electron chi connectivity index (χ0n) is 15.3. The van der Waals surface area contributed by atoms with Gasteiger partial charge in [0.25, 0.3) is 0 Å². The van der Waals surface area contributed by atoms with E-state index in [1.54, 1.807) is 35.4 Å². The molecule has 1 amide bonds. The minimum Gasteiger partial charge on any atom is -0.361 e. The second-order valence-electron chi connectivity index (χ2n) is 7.49. The number of carbonyl (C=O) groups excluding carboxylic acids is 1. The number of carbonyl (C=O) groups is 1. The molecule has 0 spiro atoms. The van der Waals surface area contributed by atoms with Crippen molar-refractivity contribution in [3.63, 3.8) is 0 Å². The van der Waals surface area contributed by atoms with Crippen molar-refractivity contribution in [2.24, 2.45) is 11.8 Å². The standard InChI is InChI=1S/C21H20FN3OS/c1-12-24-21(2,19(13-4-5-13)20(26)25(12)3)18-9-16(11-27-18)14-6-7-17(22)15(8-14)10-23/h6-9,11,13,19,24H,1,4-5H2,2-3H3/t19-,21+/m0/s1. The Bertz CT molecular complexity index is 988. The lowest BCUT2D eigenvalue weighted by atomic mass is 9.77. The van der Waals surface area contributed by atoms with Gasteiger partial charge >= 0.3 is 0 Å². The van der Waals surface area contributed by atoms with Crippen LogP contribution in [0.4, 0.5) is 4.39 Å². The highest BCUT2D eigenvalue weighted by atomic mass is 32.1. The van der Waals surface area contributed by atoms with E-state index in [0.717, 1.165) is 28.8 Å². The largest absolute Gasteiger partial charge is 0.361 e. The lowest BCUT2D eigenvalue weighted by molar-refractivity contribution is -0.139. The lowest BCUT2D eigenvalue weighted by Crippen LogP contribution is -2.59. The van der Waals surface area contributed by atoms with Gasteiger partial charge in [-0.2, -0.15) is 5.26 Å². The molecule has 1 N–H and O–H groups in total. The summed E-state index contributed by atoms with van der Waals surface area (Å²) in [6.07, 6.45) is 2.13. The molecule has 0 bridgehead atoms. The third kappa shape index (κ3) is 2.83. The Kier molecular flexibility index (Phi) is 4.08. The number of hydrogen-bond donors (Lipinski definition) is 1. The molecule has 2 atom stereocenters. The van der Waals surface area contributed by atoms with Crippen molar-refractivity contribution in [1.82, 2.24) is 10.2 Å². The molecule has 0 radical (unpaired) electrons. The van der Waals surface area contributed by atoms with Crippen LogP contribution >= 0.6 is 11.3 Å². The van der Waals surface area contributed by atoms with E-state index in [1.807, 2.05) is 17.5 Å². The van der Waals surface area contributed by atoms with Gasteiger partial charge in [-0.25, -0.2) is 4.39 Å². The summed E-state index contributed by atoms with van der Waals surface area (Å²) in [6.45, 7) is 6.06. The molecule has 2 aromatic rings. The number of nitrogens with one attached hydrogen (secondary N) is 1. The molecule has 27 heavy (non-hydrogen) atoms. The fourth-order valence-corrected chi connectivity index (χ4v) is 4.99. The van der Waals surface area contributed by atoms with Gasteiger partial charge in [-0.15, -0.1) is 11.3 Å². The van der Waals surface area contributed by atoms with Gasteiger partial charge in [-0.05, 0) is 60.4 Å². The Morgan fingerprint density at radius 3 is 2.78 bits per heavy atom. The number of nitrogens with zero attached hydrogens (tertiary/aromatic N) is 2. The van der Waals surface area contributed by atoms with Gasteiger partial charge in [0.1, 0.15) is 17.7 Å². The first-order valence-electron chi connectivity index (χ1n) is 8.89. The smallest absolute Gasteiger partial charge is 0.233 e. The molecule has 2 aliphatic rings. The predicted molar refractivity (Wildman–Crippen MR) is 103 cm³/mol. The van der Waals surface area contributed by atoms with Crippen molar-refractivity contribution < 1.29 is 9.18 Å². The van der Waals surface area contributed by atoms with Gasteiger partial charge in [-0.1, -0.05) is 12.6 Å². The van der Waals surface area contributed by atoms with E-state index in [2.05, 4.69) is 18.8 Å². The summed E-state index contributed by atoms with van der Waals surface area (Å²) in [5.41, 5.74) is 1.22. The highest BCUT2D eigenvalue weighted by Gasteiger charge is 2.53. The first-order chi connectivity index (χ1) is 12.8. The van der Waals surface area contributed by atoms with E-state index >= 15 is 0 Å². The van der Waals surface area contributed by atoms with Crippen LogP contribution in [-0.2, 0) is 10.3 Å². The minimum absolute atomic E-state index is 0.0308. The van der Waals surface area contributed by atoms with Crippen molar-refractivity contribution in [3.8, 4) is 17.2 Å². The Balaban J connectivity index is 1.74. The number of thiophene rings is 1. The molecular formula is C21H20FN3OS.